The summed E-state index contributed by atoms with van der Waals surface area (Å²) >= 11 is 3.22. The number of rotatable bonds is 4. The monoisotopic (exact) mass is 437 g/mol. The summed E-state index contributed by atoms with van der Waals surface area (Å²) in [6, 6.07) is 2.81. The molecule has 0 aromatic heterocycles. The fourth-order valence-electron chi connectivity index (χ4n) is 2.37. The Morgan fingerprint density at radius 2 is 1.59 bits per heavy atom. The number of halogens is 1. The molecule has 8 nitrogen and oxygen atoms in total. The molecule has 142 valence electrons. The zero-order valence-electron chi connectivity index (χ0n) is 14.7. The molecule has 1 aliphatic heterocycles. The number of esters is 3. The summed E-state index contributed by atoms with van der Waals surface area (Å²) in [6.45, 7) is 0. The molecular formula is C18H16BrNO7. The van der Waals surface area contributed by atoms with Crippen LogP contribution in [0.25, 0.3) is 0 Å². The fourth-order valence-corrected chi connectivity index (χ4v) is 2.90. The van der Waals surface area contributed by atoms with Crippen LogP contribution in [0.15, 0.2) is 52.3 Å². The van der Waals surface area contributed by atoms with Gasteiger partial charge in [0.15, 0.2) is 0 Å². The summed E-state index contributed by atoms with van der Waals surface area (Å²) in [5.74, 6) is -2.65. The lowest BCUT2D eigenvalue weighted by atomic mass is 10.1. The van der Waals surface area contributed by atoms with Crippen molar-refractivity contribution in [2.45, 2.75) is 0 Å². The molecule has 0 radical (unpaired) electrons. The van der Waals surface area contributed by atoms with Crippen LogP contribution in [0, 0.1) is 0 Å². The number of aromatic hydroxyl groups is 1. The van der Waals surface area contributed by atoms with Gasteiger partial charge in [-0.05, 0) is 40.2 Å². The highest BCUT2D eigenvalue weighted by atomic mass is 79.9. The lowest BCUT2D eigenvalue weighted by molar-refractivity contribution is -0.139. The Labute approximate surface area is 163 Å². The highest BCUT2D eigenvalue weighted by molar-refractivity contribution is 9.10. The maximum Gasteiger partial charge on any atom is 0.355 e. The number of hydrogen-bond acceptors (Lipinski definition) is 8. The molecule has 0 spiro atoms. The molecular weight excluding hydrogens is 422 g/mol. The topological polar surface area (TPSA) is 102 Å². The summed E-state index contributed by atoms with van der Waals surface area (Å²) in [7, 11) is 3.55. The molecule has 9 heteroatoms. The number of methoxy groups -OCH3 is 3. The van der Waals surface area contributed by atoms with E-state index >= 15 is 0 Å². The normalized spacial score (nSPS) is 13.3. The van der Waals surface area contributed by atoms with Crippen LogP contribution in [0.1, 0.15) is 10.4 Å². The predicted octanol–water partition coefficient (Wildman–Crippen LogP) is 2.43. The van der Waals surface area contributed by atoms with Crippen molar-refractivity contribution in [1.29, 1.82) is 0 Å². The van der Waals surface area contributed by atoms with Crippen LogP contribution in [0.2, 0.25) is 0 Å². The smallest absolute Gasteiger partial charge is 0.355 e. The molecule has 0 bridgehead atoms. The van der Waals surface area contributed by atoms with Gasteiger partial charge < -0.3 is 24.2 Å². The second-order valence-electron chi connectivity index (χ2n) is 5.10. The first kappa shape index (κ1) is 20.2. The van der Waals surface area contributed by atoms with Crippen LogP contribution in [0.5, 0.6) is 5.75 Å². The number of ether oxygens (including phenoxy) is 3. The zero-order valence-corrected chi connectivity index (χ0v) is 16.3. The Kier molecular flexibility index (Phi) is 6.40. The second kappa shape index (κ2) is 8.54. The zero-order chi connectivity index (χ0) is 20.1. The molecule has 0 unspecified atom stereocenters. The fraction of sp³-hybridized carbons (Fsp3) is 0.167. The molecule has 0 saturated heterocycles. The number of carbonyl (C=O) groups is 3. The summed E-state index contributed by atoms with van der Waals surface area (Å²) in [4.78, 5) is 37.6. The van der Waals surface area contributed by atoms with E-state index in [9.17, 15) is 19.5 Å². The first-order valence-corrected chi connectivity index (χ1v) is 8.31. The van der Waals surface area contributed by atoms with Gasteiger partial charge in [0.05, 0.1) is 37.1 Å². The highest BCUT2D eigenvalue weighted by Crippen LogP contribution is 2.40. The van der Waals surface area contributed by atoms with Crippen LogP contribution >= 0.6 is 15.9 Å². The molecule has 0 saturated carbocycles. The minimum absolute atomic E-state index is 0.0437. The molecule has 0 atom stereocenters. The van der Waals surface area contributed by atoms with E-state index in [1.807, 2.05) is 0 Å². The van der Waals surface area contributed by atoms with E-state index in [2.05, 4.69) is 20.7 Å². The summed E-state index contributed by atoms with van der Waals surface area (Å²) in [5.41, 5.74) is 0.0433. The Balaban J connectivity index is 2.71. The van der Waals surface area contributed by atoms with Crippen LogP contribution in [0.3, 0.4) is 0 Å². The van der Waals surface area contributed by atoms with Crippen molar-refractivity contribution in [3.05, 3.63) is 57.9 Å². The lowest BCUT2D eigenvalue weighted by Gasteiger charge is -2.24. The van der Waals surface area contributed by atoms with Crippen LogP contribution < -0.4 is 4.90 Å². The maximum atomic E-state index is 12.4. The molecule has 1 aromatic carbocycles. The summed E-state index contributed by atoms with van der Waals surface area (Å²) in [5, 5.41) is 10.3. The van der Waals surface area contributed by atoms with Crippen molar-refractivity contribution < 1.29 is 33.7 Å². The van der Waals surface area contributed by atoms with Gasteiger partial charge in [0.2, 0.25) is 0 Å². The van der Waals surface area contributed by atoms with E-state index in [0.29, 0.717) is 0 Å². The number of allylic oxidation sites excluding steroid dienone is 2. The first-order chi connectivity index (χ1) is 12.9. The molecule has 0 amide bonds. The van der Waals surface area contributed by atoms with E-state index in [1.165, 1.54) is 50.6 Å². The SMILES string of the molecule is COC(=O)C1=C(C(=O)OC)N(c2ccc(C(=O)OC)c(O)c2Br)C=CC=C1. The number of carbonyl (C=O) groups excluding carboxylic acids is 3. The van der Waals surface area contributed by atoms with E-state index in [4.69, 9.17) is 9.47 Å². The van der Waals surface area contributed by atoms with Gasteiger partial charge in [0.1, 0.15) is 17.0 Å². The number of anilines is 1. The molecule has 0 aliphatic carbocycles. The second-order valence-corrected chi connectivity index (χ2v) is 5.90. The number of benzene rings is 1. The van der Waals surface area contributed by atoms with E-state index < -0.39 is 17.9 Å². The van der Waals surface area contributed by atoms with E-state index in [-0.39, 0.29) is 32.7 Å². The van der Waals surface area contributed by atoms with Crippen molar-refractivity contribution in [2.75, 3.05) is 26.2 Å². The third-order valence-corrected chi connectivity index (χ3v) is 4.43. The van der Waals surface area contributed by atoms with Gasteiger partial charge in [0.25, 0.3) is 0 Å². The third kappa shape index (κ3) is 3.87. The van der Waals surface area contributed by atoms with Crippen molar-refractivity contribution in [3.63, 3.8) is 0 Å². The number of hydrogen-bond donors (Lipinski definition) is 1. The largest absolute Gasteiger partial charge is 0.506 e. The highest BCUT2D eigenvalue weighted by Gasteiger charge is 2.29. The summed E-state index contributed by atoms with van der Waals surface area (Å²) < 4.78 is 14.3. The van der Waals surface area contributed by atoms with Crippen LogP contribution in [-0.4, -0.2) is 44.3 Å². The molecule has 0 fully saturated rings. The molecule has 1 aliphatic rings. The quantitative estimate of drug-likeness (QED) is 0.565. The molecule has 27 heavy (non-hydrogen) atoms. The standard InChI is InChI=1S/C18H16BrNO7/c1-25-16(22)10-6-4-5-9-20(14(10)18(24)27-3)12-8-7-11(17(23)26-2)15(21)13(12)19/h4-9,21H,1-3H3. The molecule has 2 rings (SSSR count). The number of phenols is 1. The van der Waals surface area contributed by atoms with Crippen LogP contribution in [-0.2, 0) is 23.8 Å². The van der Waals surface area contributed by atoms with Crippen molar-refractivity contribution in [2.24, 2.45) is 0 Å². The van der Waals surface area contributed by atoms with Crippen molar-refractivity contribution in [3.8, 4) is 5.75 Å². The summed E-state index contributed by atoms with van der Waals surface area (Å²) in [6.07, 6.45) is 6.03. The van der Waals surface area contributed by atoms with Gasteiger partial charge >= 0.3 is 17.9 Å². The van der Waals surface area contributed by atoms with Crippen molar-refractivity contribution in [1.82, 2.24) is 0 Å². The van der Waals surface area contributed by atoms with Gasteiger partial charge in [-0.3, -0.25) is 0 Å². The Hall–Kier alpha value is -3.07. The minimum atomic E-state index is -0.796. The average molecular weight is 438 g/mol. The van der Waals surface area contributed by atoms with E-state index in [0.717, 1.165) is 0 Å². The molecule has 1 heterocycles. The Morgan fingerprint density at radius 3 is 2.19 bits per heavy atom. The van der Waals surface area contributed by atoms with Gasteiger partial charge in [0, 0.05) is 6.20 Å². The first-order valence-electron chi connectivity index (χ1n) is 7.52. The van der Waals surface area contributed by atoms with Gasteiger partial charge in [-0.1, -0.05) is 6.08 Å². The number of phenolic OH excluding ortho intramolecular Hbond substituents is 1. The maximum absolute atomic E-state index is 12.4. The lowest BCUT2D eigenvalue weighted by Crippen LogP contribution is -2.27. The molecule has 1 N–H and O–H groups in total. The predicted molar refractivity (Wildman–Crippen MR) is 99.0 cm³/mol. The average Bonchev–Trinajstić information content (AvgIpc) is 2.91. The Bertz CT molecular complexity index is 886. The van der Waals surface area contributed by atoms with Gasteiger partial charge in [-0.2, -0.15) is 0 Å². The van der Waals surface area contributed by atoms with Crippen LogP contribution in [0.4, 0.5) is 5.69 Å². The number of nitrogens with zero attached hydrogens (tertiary/aromatic N) is 1. The van der Waals surface area contributed by atoms with Gasteiger partial charge in [-0.15, -0.1) is 0 Å². The third-order valence-electron chi connectivity index (χ3n) is 3.65. The minimum Gasteiger partial charge on any atom is -0.506 e. The Morgan fingerprint density at radius 1 is 0.963 bits per heavy atom. The van der Waals surface area contributed by atoms with E-state index in [1.54, 1.807) is 12.2 Å². The molecule has 1 aromatic rings. The van der Waals surface area contributed by atoms with Crippen molar-refractivity contribution >= 4 is 39.5 Å². The van der Waals surface area contributed by atoms with Gasteiger partial charge in [-0.25, -0.2) is 14.4 Å².